The van der Waals surface area contributed by atoms with E-state index in [-0.39, 0.29) is 57.0 Å². The molecule has 22 nitrogen and oxygen atoms in total. The highest BCUT2D eigenvalue weighted by atomic mass is 16.5. The summed E-state index contributed by atoms with van der Waals surface area (Å²) in [5.41, 5.74) is 6.63. The lowest BCUT2D eigenvalue weighted by atomic mass is 9.99. The zero-order valence-corrected chi connectivity index (χ0v) is 41.4. The summed E-state index contributed by atoms with van der Waals surface area (Å²) < 4.78 is 10.1. The molecule has 3 aromatic carbocycles. The highest BCUT2D eigenvalue weighted by Gasteiger charge is 2.42. The predicted octanol–water partition coefficient (Wildman–Crippen LogP) is -0.244. The number of primary amides is 1. The van der Waals surface area contributed by atoms with Gasteiger partial charge in [0.15, 0.2) is 12.7 Å². The Bertz CT molecular complexity index is 2450. The summed E-state index contributed by atoms with van der Waals surface area (Å²) in [6.07, 6.45) is -0.859. The van der Waals surface area contributed by atoms with E-state index in [2.05, 4.69) is 36.6 Å². The van der Waals surface area contributed by atoms with Crippen molar-refractivity contribution in [3.8, 4) is 5.75 Å². The van der Waals surface area contributed by atoms with Gasteiger partial charge in [-0.3, -0.25) is 43.2 Å². The smallest absolute Gasteiger partial charge is 0.396 e. The van der Waals surface area contributed by atoms with E-state index in [0.717, 1.165) is 17.6 Å². The highest BCUT2D eigenvalue weighted by Crippen LogP contribution is 2.22. The molecule has 0 spiro atoms. The van der Waals surface area contributed by atoms with Gasteiger partial charge in [0.1, 0.15) is 29.9 Å². The Labute approximate surface area is 422 Å². The third kappa shape index (κ3) is 17.1. The molecule has 2 aliphatic heterocycles. The van der Waals surface area contributed by atoms with E-state index < -0.39 is 108 Å². The van der Waals surface area contributed by atoms with E-state index in [4.69, 9.17) is 10.5 Å². The lowest BCUT2D eigenvalue weighted by molar-refractivity contribution is -0.159. The molecule has 3 aromatic rings. The number of nitrogens with zero attached hydrogens (tertiary/aromatic N) is 2. The monoisotopic (exact) mass is 1010 g/mol. The Morgan fingerprint density at radius 2 is 1.30 bits per heavy atom. The van der Waals surface area contributed by atoms with Crippen LogP contribution in [0.1, 0.15) is 70.4 Å². The van der Waals surface area contributed by atoms with Crippen LogP contribution in [0.25, 0.3) is 0 Å². The lowest BCUT2D eigenvalue weighted by Gasteiger charge is -2.32. The number of aliphatic hydroxyl groups is 1. The van der Waals surface area contributed by atoms with Gasteiger partial charge in [0.2, 0.25) is 35.4 Å². The number of rotatable bonds is 22. The van der Waals surface area contributed by atoms with Gasteiger partial charge in [-0.05, 0) is 88.3 Å². The van der Waals surface area contributed by atoms with Gasteiger partial charge in [-0.15, -0.1) is 0 Å². The number of nitrogens with one attached hydrogen (secondary N) is 6. The molecule has 2 heterocycles. The number of likely N-dealkylation sites (tertiary alicyclic amines) is 2. The van der Waals surface area contributed by atoms with Gasteiger partial charge in [-0.1, -0.05) is 60.7 Å². The summed E-state index contributed by atoms with van der Waals surface area (Å²) in [7, 11) is 1.07. The molecular formula is C51H65N9O13. The lowest BCUT2D eigenvalue weighted by Crippen LogP contribution is -2.59. The van der Waals surface area contributed by atoms with Gasteiger partial charge in [0, 0.05) is 43.7 Å². The van der Waals surface area contributed by atoms with Crippen LogP contribution in [0.15, 0.2) is 84.9 Å². The maximum atomic E-state index is 13.8. The molecule has 2 aliphatic rings. The molecule has 5 rings (SSSR count). The molecule has 0 aromatic heterocycles. The zero-order valence-electron chi connectivity index (χ0n) is 41.4. The van der Waals surface area contributed by atoms with Crippen LogP contribution in [-0.2, 0) is 65.5 Å². The molecule has 6 atom stereocenters. The number of hydrogen-bond donors (Lipinski definition) is 8. The van der Waals surface area contributed by atoms with Crippen LogP contribution in [0.2, 0.25) is 0 Å². The number of carbonyl (C=O) groups is 10. The molecule has 22 heteroatoms. The minimum atomic E-state index is -1.82. The largest absolute Gasteiger partial charge is 0.484 e. The second-order valence-electron chi connectivity index (χ2n) is 18.8. The van der Waals surface area contributed by atoms with Gasteiger partial charge in [0.05, 0.1) is 19.6 Å². The maximum Gasteiger partial charge on any atom is 0.396 e. The molecule has 0 saturated carbocycles. The average Bonchev–Trinajstić information content (AvgIpc) is 4.06. The first kappa shape index (κ1) is 56.0. The van der Waals surface area contributed by atoms with Gasteiger partial charge in [-0.25, -0.2) is 4.79 Å². The Hall–Kier alpha value is -7.88. The molecule has 392 valence electrons. The minimum absolute atomic E-state index is 0.0241. The van der Waals surface area contributed by atoms with Crippen molar-refractivity contribution in [2.24, 2.45) is 5.73 Å². The van der Waals surface area contributed by atoms with E-state index >= 15 is 0 Å². The SMILES string of the molecule is COC(=O)C(=O)N1CCC[C@H]1C(=O)N[C@H](Cc1ccccc1)C(=O)NCCC(=O)Nc1ccc(OCC(=O)N[C@@H](CC(N)=O)C(=O)N[C@@H](Cc2ccccc2)[C@H](O)C(=O)N2CCC[C@H]2C(=O)NC(C)(C)C)cc1. The zero-order chi connectivity index (χ0) is 53.2. The standard InChI is InChI=1S/C51H65N9O13/c1-51(2,3)58-47(68)39-18-12-25-59(39)48(69)43(64)35(27-31-13-7-5-8-14-31)56-45(66)37(29-40(52)61)55-42(63)30-73-34-21-19-33(20-22-34)54-41(62)23-24-53-44(65)36(28-32-15-9-6-10-16-32)57-46(67)38-17-11-26-60(38)49(70)50(71)72-4/h5-10,13-16,19-22,35-39,43,64H,11-12,17-18,23-30H2,1-4H3,(H2,52,61)(H,53,65)(H,54,62)(H,55,63)(H,56,66)(H,57,67)(H,58,68)/t35-,36+,37-,38-,39-,43-/m0/s1. The summed E-state index contributed by atoms with van der Waals surface area (Å²) in [6, 6.07) is 17.9. The topological polar surface area (TPSA) is 314 Å². The van der Waals surface area contributed by atoms with Crippen molar-refractivity contribution >= 4 is 64.8 Å². The summed E-state index contributed by atoms with van der Waals surface area (Å²) in [6.45, 7) is 5.09. The summed E-state index contributed by atoms with van der Waals surface area (Å²) in [4.78, 5) is 132. The van der Waals surface area contributed by atoms with Gasteiger partial charge < -0.3 is 62.0 Å². The molecule has 2 saturated heterocycles. The number of aliphatic hydroxyl groups excluding tert-OH is 1. The van der Waals surface area contributed by atoms with Gasteiger partial charge >= 0.3 is 11.9 Å². The number of anilines is 1. The third-order valence-electron chi connectivity index (χ3n) is 11.9. The van der Waals surface area contributed by atoms with Crippen LogP contribution in [0.5, 0.6) is 5.75 Å². The molecule has 0 bridgehead atoms. The minimum Gasteiger partial charge on any atom is -0.484 e. The molecule has 9 amide bonds. The maximum absolute atomic E-state index is 13.8. The average molecular weight is 1010 g/mol. The molecule has 0 unspecified atom stereocenters. The van der Waals surface area contributed by atoms with Crippen LogP contribution in [0.3, 0.4) is 0 Å². The quantitative estimate of drug-likeness (QED) is 0.0477. The third-order valence-corrected chi connectivity index (χ3v) is 11.9. The summed E-state index contributed by atoms with van der Waals surface area (Å²) >= 11 is 0. The van der Waals surface area contributed by atoms with Gasteiger partial charge in [0.25, 0.3) is 11.8 Å². The van der Waals surface area contributed by atoms with Crippen LogP contribution >= 0.6 is 0 Å². The van der Waals surface area contributed by atoms with Crippen LogP contribution in [0, 0.1) is 0 Å². The van der Waals surface area contributed by atoms with Crippen molar-refractivity contribution in [1.82, 2.24) is 36.4 Å². The van der Waals surface area contributed by atoms with E-state index in [9.17, 15) is 53.1 Å². The molecule has 0 aliphatic carbocycles. The number of methoxy groups -OCH3 is 1. The number of nitrogens with two attached hydrogens (primary N) is 1. The first-order chi connectivity index (χ1) is 34.7. The molecule has 2 fully saturated rings. The Balaban J connectivity index is 1.12. The summed E-state index contributed by atoms with van der Waals surface area (Å²) in [5, 5.41) is 27.5. The molecule has 9 N–H and O–H groups in total. The highest BCUT2D eigenvalue weighted by molar-refractivity contribution is 6.32. The van der Waals surface area contributed by atoms with Crippen LogP contribution in [0.4, 0.5) is 5.69 Å². The predicted molar refractivity (Wildman–Crippen MR) is 263 cm³/mol. The van der Waals surface area contributed by atoms with Crippen LogP contribution < -0.4 is 42.4 Å². The van der Waals surface area contributed by atoms with Crippen molar-refractivity contribution in [3.05, 3.63) is 96.1 Å². The Morgan fingerprint density at radius 3 is 1.89 bits per heavy atom. The van der Waals surface area contributed by atoms with Crippen molar-refractivity contribution in [1.29, 1.82) is 0 Å². The first-order valence-corrected chi connectivity index (χ1v) is 24.0. The van der Waals surface area contributed by atoms with E-state index in [0.29, 0.717) is 30.5 Å². The van der Waals surface area contributed by atoms with Crippen molar-refractivity contribution in [3.63, 3.8) is 0 Å². The second kappa shape index (κ2) is 26.5. The fraction of sp³-hybridized carbons (Fsp3) is 0.451. The number of esters is 1. The van der Waals surface area contributed by atoms with Crippen LogP contribution in [-0.4, -0.2) is 149 Å². The number of benzene rings is 3. The molecular weight excluding hydrogens is 947 g/mol. The Kier molecular flexibility index (Phi) is 20.4. The van der Waals surface area contributed by atoms with E-state index in [1.807, 2.05) is 20.8 Å². The van der Waals surface area contributed by atoms with Crippen molar-refractivity contribution < 1.29 is 62.5 Å². The second-order valence-corrected chi connectivity index (χ2v) is 18.8. The van der Waals surface area contributed by atoms with Crippen molar-refractivity contribution in [2.45, 2.75) is 114 Å². The Morgan fingerprint density at radius 1 is 0.712 bits per heavy atom. The number of hydrogen-bond acceptors (Lipinski definition) is 13. The molecule has 73 heavy (non-hydrogen) atoms. The fourth-order valence-electron chi connectivity index (χ4n) is 8.38. The molecule has 0 radical (unpaired) electrons. The number of amides is 9. The van der Waals surface area contributed by atoms with E-state index in [1.54, 1.807) is 60.7 Å². The van der Waals surface area contributed by atoms with Crippen molar-refractivity contribution in [2.75, 3.05) is 38.7 Å². The summed E-state index contributed by atoms with van der Waals surface area (Å²) in [5.74, 6) is -7.31. The van der Waals surface area contributed by atoms with Gasteiger partial charge in [-0.2, -0.15) is 0 Å². The number of carbonyl (C=O) groups excluding carboxylic acids is 10. The fourth-order valence-corrected chi connectivity index (χ4v) is 8.38. The van der Waals surface area contributed by atoms with E-state index in [1.165, 1.54) is 29.2 Å². The number of ether oxygens (including phenoxy) is 2. The normalized spacial score (nSPS) is 16.9. The first-order valence-electron chi connectivity index (χ1n) is 24.0.